The van der Waals surface area contributed by atoms with Crippen molar-refractivity contribution in [2.45, 2.75) is 26.2 Å². The van der Waals surface area contributed by atoms with Crippen molar-refractivity contribution in [1.82, 2.24) is 9.13 Å². The average Bonchev–Trinajstić information content (AvgIpc) is 3.55. The van der Waals surface area contributed by atoms with E-state index in [1.807, 2.05) is 0 Å². The molecule has 36 heavy (non-hydrogen) atoms. The van der Waals surface area contributed by atoms with Crippen LogP contribution in [0.25, 0.3) is 10.8 Å². The highest BCUT2D eigenvalue weighted by atomic mass is 15.1. The highest BCUT2D eigenvalue weighted by Gasteiger charge is 2.13. The Balaban J connectivity index is 1.20. The maximum atomic E-state index is 2.29. The Labute approximate surface area is 211 Å². The fraction of sp³-hybridized carbons (Fsp3) is 0.125. The van der Waals surface area contributed by atoms with Crippen LogP contribution in [0.3, 0.4) is 0 Å². The minimum Gasteiger partial charge on any atom is -0.233 e. The number of nitrogens with zero attached hydrogens (tertiary/aromatic N) is 4. The Morgan fingerprint density at radius 3 is 1.33 bits per heavy atom. The molecule has 0 aliphatic rings. The number of fused-ring (bicyclic) bond motifs is 1. The third-order valence-electron chi connectivity index (χ3n) is 6.72. The molecule has 176 valence electrons. The molecule has 0 aliphatic carbocycles. The van der Waals surface area contributed by atoms with Crippen LogP contribution in [0.15, 0.2) is 135 Å². The van der Waals surface area contributed by atoms with Crippen molar-refractivity contribution in [2.75, 3.05) is 0 Å². The largest absolute Gasteiger partial charge is 0.244 e. The van der Waals surface area contributed by atoms with E-state index in [4.69, 9.17) is 0 Å². The molecule has 0 saturated heterocycles. The predicted octanol–water partition coefficient (Wildman–Crippen LogP) is 5.21. The quantitative estimate of drug-likeness (QED) is 0.272. The number of hydrogen-bond donors (Lipinski definition) is 0. The molecular formula is C32H30N4+2. The van der Waals surface area contributed by atoms with Crippen LogP contribution in [0, 0.1) is 0 Å². The summed E-state index contributed by atoms with van der Waals surface area (Å²) in [6, 6.07) is 34.6. The first-order valence-corrected chi connectivity index (χ1v) is 12.5. The van der Waals surface area contributed by atoms with E-state index in [1.165, 1.54) is 33.0 Å². The molecule has 4 aromatic carbocycles. The van der Waals surface area contributed by atoms with Crippen LogP contribution in [0.4, 0.5) is 0 Å². The van der Waals surface area contributed by atoms with E-state index in [0.717, 1.165) is 26.2 Å². The van der Waals surface area contributed by atoms with Gasteiger partial charge in [0.15, 0.2) is 0 Å². The van der Waals surface area contributed by atoms with Crippen molar-refractivity contribution >= 4 is 10.8 Å². The van der Waals surface area contributed by atoms with Gasteiger partial charge in [-0.2, -0.15) is 0 Å². The van der Waals surface area contributed by atoms with Gasteiger partial charge in [-0.25, -0.2) is 18.3 Å². The van der Waals surface area contributed by atoms with Gasteiger partial charge in [-0.1, -0.05) is 97.1 Å². The third kappa shape index (κ3) is 4.98. The molecule has 2 aromatic heterocycles. The standard InChI is InChI=1S/C32H30N4/c1-3-9-27(10-4-1)21-33-17-19-35(25-33)23-29-15-16-30(32-14-8-7-13-31(29)32)24-36-20-18-34(26-36)22-28-11-5-2-6-12-28/h1-20,25-26H,21-24H2/q+2. The zero-order valence-corrected chi connectivity index (χ0v) is 20.3. The first-order valence-electron chi connectivity index (χ1n) is 12.5. The van der Waals surface area contributed by atoms with Crippen LogP contribution in [0.2, 0.25) is 0 Å². The maximum absolute atomic E-state index is 2.29. The highest BCUT2D eigenvalue weighted by Crippen LogP contribution is 2.24. The zero-order valence-electron chi connectivity index (χ0n) is 20.3. The summed E-state index contributed by atoms with van der Waals surface area (Å²) >= 11 is 0. The summed E-state index contributed by atoms with van der Waals surface area (Å²) in [6.45, 7) is 3.47. The first-order chi connectivity index (χ1) is 17.8. The van der Waals surface area contributed by atoms with Crippen LogP contribution >= 0.6 is 0 Å². The second kappa shape index (κ2) is 10.0. The van der Waals surface area contributed by atoms with Crippen LogP contribution < -0.4 is 9.13 Å². The topological polar surface area (TPSA) is 17.6 Å². The number of hydrogen-bond acceptors (Lipinski definition) is 0. The van der Waals surface area contributed by atoms with Crippen molar-refractivity contribution in [2.24, 2.45) is 0 Å². The molecule has 0 fully saturated rings. The minimum atomic E-state index is 0.850. The molecule has 6 aromatic rings. The van der Waals surface area contributed by atoms with Crippen molar-refractivity contribution in [3.8, 4) is 0 Å². The Bertz CT molecular complexity index is 1460. The van der Waals surface area contributed by atoms with E-state index in [1.54, 1.807) is 0 Å². The summed E-state index contributed by atoms with van der Waals surface area (Å²) in [4.78, 5) is 0. The molecule has 0 saturated carbocycles. The predicted molar refractivity (Wildman–Crippen MR) is 142 cm³/mol. The number of imidazole rings is 2. The van der Waals surface area contributed by atoms with Gasteiger partial charge in [-0.05, 0) is 21.9 Å². The summed E-state index contributed by atoms with van der Waals surface area (Å²) in [5.74, 6) is 0. The maximum Gasteiger partial charge on any atom is 0.244 e. The van der Waals surface area contributed by atoms with Gasteiger partial charge in [0.05, 0.1) is 0 Å². The van der Waals surface area contributed by atoms with Crippen LogP contribution in [-0.2, 0) is 26.2 Å². The molecule has 2 heterocycles. The molecular weight excluding hydrogens is 440 g/mol. The molecule has 0 radical (unpaired) electrons. The molecule has 4 heteroatoms. The molecule has 4 nitrogen and oxygen atoms in total. The van der Waals surface area contributed by atoms with Crippen molar-refractivity contribution in [3.63, 3.8) is 0 Å². The second-order valence-electron chi connectivity index (χ2n) is 9.42. The lowest BCUT2D eigenvalue weighted by atomic mass is 9.99. The number of aromatic nitrogens is 4. The Hall–Kier alpha value is -4.44. The van der Waals surface area contributed by atoms with Gasteiger partial charge in [0.2, 0.25) is 12.7 Å². The van der Waals surface area contributed by atoms with Crippen molar-refractivity contribution in [3.05, 3.63) is 157 Å². The molecule has 0 bridgehead atoms. The number of rotatable bonds is 8. The molecule has 0 N–H and O–H groups in total. The zero-order chi connectivity index (χ0) is 24.2. The summed E-state index contributed by atoms with van der Waals surface area (Å²) in [7, 11) is 0. The Morgan fingerprint density at radius 2 is 0.889 bits per heavy atom. The molecule has 0 spiro atoms. The average molecular weight is 471 g/mol. The van der Waals surface area contributed by atoms with Gasteiger partial charge >= 0.3 is 0 Å². The van der Waals surface area contributed by atoms with Gasteiger partial charge in [0, 0.05) is 11.1 Å². The lowest BCUT2D eigenvalue weighted by Gasteiger charge is -2.09. The van der Waals surface area contributed by atoms with Gasteiger partial charge < -0.3 is 0 Å². The first kappa shape index (κ1) is 22.1. The SMILES string of the molecule is c1ccc(C[n+]2ccn(Cc3ccc(Cn4cc[n+](Cc5ccccc5)c4)c4ccccc34)c2)cc1. The van der Waals surface area contributed by atoms with Gasteiger partial charge in [-0.15, -0.1) is 0 Å². The number of benzene rings is 4. The third-order valence-corrected chi connectivity index (χ3v) is 6.72. The van der Waals surface area contributed by atoms with E-state index in [9.17, 15) is 0 Å². The van der Waals surface area contributed by atoms with E-state index in [-0.39, 0.29) is 0 Å². The monoisotopic (exact) mass is 470 g/mol. The molecule has 0 atom stereocenters. The van der Waals surface area contributed by atoms with Gasteiger partial charge in [0.1, 0.15) is 51.0 Å². The summed E-state index contributed by atoms with van der Waals surface area (Å²) in [5, 5.41) is 2.64. The fourth-order valence-electron chi connectivity index (χ4n) is 4.93. The van der Waals surface area contributed by atoms with E-state index < -0.39 is 0 Å². The summed E-state index contributed by atoms with van der Waals surface area (Å²) in [6.07, 6.45) is 13.0. The molecule has 0 amide bonds. The smallest absolute Gasteiger partial charge is 0.233 e. The molecule has 6 rings (SSSR count). The summed E-state index contributed by atoms with van der Waals surface area (Å²) in [5.41, 5.74) is 5.29. The fourth-order valence-corrected chi connectivity index (χ4v) is 4.93. The summed E-state index contributed by atoms with van der Waals surface area (Å²) < 4.78 is 9.01. The van der Waals surface area contributed by atoms with Gasteiger partial charge in [-0.3, -0.25) is 0 Å². The van der Waals surface area contributed by atoms with Crippen LogP contribution in [0.1, 0.15) is 22.3 Å². The van der Waals surface area contributed by atoms with Crippen LogP contribution in [0.5, 0.6) is 0 Å². The van der Waals surface area contributed by atoms with E-state index in [2.05, 4.69) is 153 Å². The van der Waals surface area contributed by atoms with Crippen molar-refractivity contribution < 1.29 is 9.13 Å². The molecule has 0 unspecified atom stereocenters. The lowest BCUT2D eigenvalue weighted by molar-refractivity contribution is -0.688. The Kier molecular flexibility index (Phi) is 6.15. The second-order valence-corrected chi connectivity index (χ2v) is 9.42. The molecule has 0 aliphatic heterocycles. The van der Waals surface area contributed by atoms with Crippen molar-refractivity contribution in [1.29, 1.82) is 0 Å². The Morgan fingerprint density at radius 1 is 0.472 bits per heavy atom. The van der Waals surface area contributed by atoms with Gasteiger partial charge in [0.25, 0.3) is 0 Å². The minimum absolute atomic E-state index is 0.850. The normalized spacial score (nSPS) is 11.2. The van der Waals surface area contributed by atoms with E-state index in [0.29, 0.717) is 0 Å². The lowest BCUT2D eigenvalue weighted by Crippen LogP contribution is -2.31. The van der Waals surface area contributed by atoms with Crippen LogP contribution in [-0.4, -0.2) is 9.13 Å². The van der Waals surface area contributed by atoms with E-state index >= 15 is 0 Å². The highest BCUT2D eigenvalue weighted by molar-refractivity contribution is 5.88.